The number of carboxylic acids is 1. The molecular weight excluding hydrogens is 268 g/mol. The lowest BCUT2D eigenvalue weighted by Gasteiger charge is -2.20. The van der Waals surface area contributed by atoms with Crippen LogP contribution in [0.3, 0.4) is 0 Å². The summed E-state index contributed by atoms with van der Waals surface area (Å²) in [7, 11) is 1.41. The summed E-state index contributed by atoms with van der Waals surface area (Å²) < 4.78 is 0. The molecule has 0 aromatic carbocycles. The number of aliphatic carboxylic acids is 1. The van der Waals surface area contributed by atoms with Gasteiger partial charge < -0.3 is 16.2 Å². The monoisotopic (exact) mass is 284 g/mol. The number of nitrogens with one attached hydrogen (secondary N) is 1. The van der Waals surface area contributed by atoms with E-state index in [2.05, 4.69) is 10.4 Å². The summed E-state index contributed by atoms with van der Waals surface area (Å²) in [6.07, 6.45) is 0.0412. The molecule has 0 aromatic rings. The van der Waals surface area contributed by atoms with Crippen LogP contribution in [0.1, 0.15) is 25.7 Å². The summed E-state index contributed by atoms with van der Waals surface area (Å²) in [6, 6.07) is -1.22. The van der Waals surface area contributed by atoms with E-state index < -0.39 is 23.8 Å². The van der Waals surface area contributed by atoms with E-state index in [1.165, 1.54) is 7.05 Å². The molecule has 1 atom stereocenters. The number of carbonyl (C=O) groups excluding carboxylic acids is 3. The van der Waals surface area contributed by atoms with Crippen LogP contribution in [0.5, 0.6) is 0 Å². The van der Waals surface area contributed by atoms with Crippen LogP contribution in [0.4, 0.5) is 0 Å². The van der Waals surface area contributed by atoms with Gasteiger partial charge in [0.25, 0.3) is 5.91 Å². The fraction of sp³-hybridized carbons (Fsp3) is 0.545. The number of amides is 3. The quantitative estimate of drug-likeness (QED) is 0.540. The predicted molar refractivity (Wildman–Crippen MR) is 67.4 cm³/mol. The molecule has 0 spiro atoms. The van der Waals surface area contributed by atoms with Crippen LogP contribution in [0, 0.1) is 0 Å². The van der Waals surface area contributed by atoms with Gasteiger partial charge in [-0.1, -0.05) is 0 Å². The molecule has 0 bridgehead atoms. The Morgan fingerprint density at radius 1 is 1.45 bits per heavy atom. The molecule has 0 saturated carbocycles. The van der Waals surface area contributed by atoms with Gasteiger partial charge in [-0.15, -0.1) is 0 Å². The number of carbonyl (C=O) groups is 4. The molecule has 0 saturated heterocycles. The Labute approximate surface area is 114 Å². The molecule has 20 heavy (non-hydrogen) atoms. The summed E-state index contributed by atoms with van der Waals surface area (Å²) in [4.78, 5) is 44.7. The average molecular weight is 284 g/mol. The largest absolute Gasteiger partial charge is 0.480 e. The Hall–Kier alpha value is -2.45. The molecule has 9 nitrogen and oxygen atoms in total. The summed E-state index contributed by atoms with van der Waals surface area (Å²) in [5.74, 6) is -2.79. The van der Waals surface area contributed by atoms with Crippen molar-refractivity contribution in [3.63, 3.8) is 0 Å². The Morgan fingerprint density at radius 2 is 2.10 bits per heavy atom. The number of primary amides is 1. The standard InChI is InChI=1S/C11H16N4O5/c1-15-9(17)5-3-6(14-15)10(18)13-7(11(19)20)2-4-8(12)16/h7H,2-5H2,1H3,(H2,12,16)(H,13,18)(H,19,20). The van der Waals surface area contributed by atoms with E-state index >= 15 is 0 Å². The summed E-state index contributed by atoms with van der Waals surface area (Å²) in [5, 5.41) is 16.0. The average Bonchev–Trinajstić information content (AvgIpc) is 2.36. The molecule has 1 aliphatic heterocycles. The number of hydrogen-bond donors (Lipinski definition) is 3. The molecule has 110 valence electrons. The second-order valence-corrected chi connectivity index (χ2v) is 4.33. The van der Waals surface area contributed by atoms with Crippen LogP contribution in [0.15, 0.2) is 5.10 Å². The van der Waals surface area contributed by atoms with Crippen molar-refractivity contribution >= 4 is 29.4 Å². The number of rotatable bonds is 6. The second kappa shape index (κ2) is 6.64. The first kappa shape index (κ1) is 15.6. The molecule has 1 rings (SSSR count). The zero-order valence-corrected chi connectivity index (χ0v) is 11.0. The van der Waals surface area contributed by atoms with Crippen molar-refractivity contribution in [3.05, 3.63) is 0 Å². The van der Waals surface area contributed by atoms with Gasteiger partial charge in [0, 0.05) is 26.3 Å². The molecular formula is C11H16N4O5. The topological polar surface area (TPSA) is 142 Å². The Kier molecular flexibility index (Phi) is 5.18. The third-order valence-electron chi connectivity index (χ3n) is 2.75. The van der Waals surface area contributed by atoms with Crippen molar-refractivity contribution in [1.29, 1.82) is 0 Å². The van der Waals surface area contributed by atoms with E-state index in [1.807, 2.05) is 0 Å². The van der Waals surface area contributed by atoms with Crippen molar-refractivity contribution < 1.29 is 24.3 Å². The maximum Gasteiger partial charge on any atom is 0.326 e. The second-order valence-electron chi connectivity index (χ2n) is 4.33. The fourth-order valence-corrected chi connectivity index (χ4v) is 1.62. The van der Waals surface area contributed by atoms with Crippen LogP contribution >= 0.6 is 0 Å². The molecule has 0 fully saturated rings. The highest BCUT2D eigenvalue weighted by Gasteiger charge is 2.26. The Morgan fingerprint density at radius 3 is 2.60 bits per heavy atom. The number of carboxylic acid groups (broad SMARTS) is 1. The lowest BCUT2D eigenvalue weighted by atomic mass is 10.1. The lowest BCUT2D eigenvalue weighted by molar-refractivity contribution is -0.141. The van der Waals surface area contributed by atoms with Crippen LogP contribution in [-0.4, -0.2) is 52.6 Å². The van der Waals surface area contributed by atoms with Gasteiger partial charge in [-0.2, -0.15) is 5.10 Å². The summed E-state index contributed by atoms with van der Waals surface area (Å²) in [6.45, 7) is 0. The zero-order chi connectivity index (χ0) is 15.3. The molecule has 1 aliphatic rings. The molecule has 0 aliphatic carbocycles. The van der Waals surface area contributed by atoms with Gasteiger partial charge in [-0.3, -0.25) is 14.4 Å². The SMILES string of the molecule is CN1N=C(C(=O)NC(CCC(N)=O)C(=O)O)CCC1=O. The maximum absolute atomic E-state index is 11.9. The molecule has 1 unspecified atom stereocenters. The van der Waals surface area contributed by atoms with E-state index in [0.717, 1.165) is 5.01 Å². The number of nitrogens with two attached hydrogens (primary N) is 1. The highest BCUT2D eigenvalue weighted by atomic mass is 16.4. The normalized spacial score (nSPS) is 16.4. The van der Waals surface area contributed by atoms with E-state index in [0.29, 0.717) is 0 Å². The minimum Gasteiger partial charge on any atom is -0.480 e. The van der Waals surface area contributed by atoms with Crippen molar-refractivity contribution in [2.24, 2.45) is 10.8 Å². The van der Waals surface area contributed by atoms with E-state index in [9.17, 15) is 19.2 Å². The smallest absolute Gasteiger partial charge is 0.326 e. The van der Waals surface area contributed by atoms with Crippen molar-refractivity contribution in [3.8, 4) is 0 Å². The summed E-state index contributed by atoms with van der Waals surface area (Å²) in [5.41, 5.74) is 5.02. The van der Waals surface area contributed by atoms with Gasteiger partial charge in [0.1, 0.15) is 11.8 Å². The zero-order valence-electron chi connectivity index (χ0n) is 11.0. The highest BCUT2D eigenvalue weighted by molar-refractivity contribution is 6.39. The lowest BCUT2D eigenvalue weighted by Crippen LogP contribution is -2.46. The molecule has 3 amide bonds. The molecule has 9 heteroatoms. The minimum absolute atomic E-state index is 0.0809. The van der Waals surface area contributed by atoms with Crippen molar-refractivity contribution in [1.82, 2.24) is 10.3 Å². The van der Waals surface area contributed by atoms with Crippen LogP contribution in [-0.2, 0) is 19.2 Å². The minimum atomic E-state index is -1.26. The first-order valence-corrected chi connectivity index (χ1v) is 5.97. The van der Waals surface area contributed by atoms with Gasteiger partial charge in [-0.05, 0) is 6.42 Å². The van der Waals surface area contributed by atoms with Gasteiger partial charge in [0.15, 0.2) is 0 Å². The number of nitrogens with zero attached hydrogens (tertiary/aromatic N) is 2. The van der Waals surface area contributed by atoms with Crippen molar-refractivity contribution in [2.45, 2.75) is 31.7 Å². The van der Waals surface area contributed by atoms with Crippen LogP contribution < -0.4 is 11.1 Å². The highest BCUT2D eigenvalue weighted by Crippen LogP contribution is 2.07. The number of hydrogen-bond acceptors (Lipinski definition) is 5. The molecule has 0 radical (unpaired) electrons. The van der Waals surface area contributed by atoms with Crippen molar-refractivity contribution in [2.75, 3.05) is 7.05 Å². The maximum atomic E-state index is 11.9. The number of hydrazone groups is 1. The van der Waals surface area contributed by atoms with E-state index in [4.69, 9.17) is 10.8 Å². The third-order valence-corrected chi connectivity index (χ3v) is 2.75. The first-order valence-electron chi connectivity index (χ1n) is 5.97. The van der Waals surface area contributed by atoms with Gasteiger partial charge in [0.05, 0.1) is 0 Å². The van der Waals surface area contributed by atoms with E-state index in [1.54, 1.807) is 0 Å². The molecule has 1 heterocycles. The van der Waals surface area contributed by atoms with Gasteiger partial charge in [-0.25, -0.2) is 9.80 Å². The van der Waals surface area contributed by atoms with Crippen LogP contribution in [0.25, 0.3) is 0 Å². The predicted octanol–water partition coefficient (Wildman–Crippen LogP) is -1.57. The van der Waals surface area contributed by atoms with Crippen LogP contribution in [0.2, 0.25) is 0 Å². The third kappa shape index (κ3) is 4.34. The Bertz CT molecular complexity index is 473. The Balaban J connectivity index is 2.66. The van der Waals surface area contributed by atoms with Gasteiger partial charge >= 0.3 is 5.97 Å². The molecule has 0 aromatic heterocycles. The van der Waals surface area contributed by atoms with Gasteiger partial charge in [0.2, 0.25) is 11.8 Å². The summed E-state index contributed by atoms with van der Waals surface area (Å²) >= 11 is 0. The fourth-order valence-electron chi connectivity index (χ4n) is 1.62. The van der Waals surface area contributed by atoms with E-state index in [-0.39, 0.29) is 37.3 Å². The molecule has 4 N–H and O–H groups in total. The first-order chi connectivity index (χ1) is 9.31.